The van der Waals surface area contributed by atoms with Gasteiger partial charge in [-0.25, -0.2) is 4.79 Å². The number of carboxylic acid groups (broad SMARTS) is 1. The Morgan fingerprint density at radius 2 is 1.81 bits per heavy atom. The Morgan fingerprint density at radius 3 is 2.50 bits per heavy atom. The lowest BCUT2D eigenvalue weighted by Crippen LogP contribution is -2.52. The van der Waals surface area contributed by atoms with E-state index in [4.69, 9.17) is 11.6 Å². The van der Waals surface area contributed by atoms with Gasteiger partial charge in [-0.05, 0) is 43.4 Å². The molecule has 2 saturated heterocycles. The molecule has 2 N–H and O–H groups in total. The van der Waals surface area contributed by atoms with Crippen LogP contribution in [0.15, 0.2) is 24.3 Å². The summed E-state index contributed by atoms with van der Waals surface area (Å²) in [5, 5.41) is 12.7. The highest BCUT2D eigenvalue weighted by molar-refractivity contribution is 6.30. The zero-order valence-corrected chi connectivity index (χ0v) is 15.1. The van der Waals surface area contributed by atoms with Crippen LogP contribution in [0.2, 0.25) is 5.02 Å². The van der Waals surface area contributed by atoms with Crippen molar-refractivity contribution >= 4 is 29.5 Å². The van der Waals surface area contributed by atoms with E-state index in [0.717, 1.165) is 12.0 Å². The van der Waals surface area contributed by atoms with Crippen LogP contribution in [0.5, 0.6) is 0 Å². The van der Waals surface area contributed by atoms with Gasteiger partial charge in [0.1, 0.15) is 12.1 Å². The molecule has 7 nitrogen and oxygen atoms in total. The molecule has 2 unspecified atom stereocenters. The fraction of sp³-hybridized carbons (Fsp3) is 0.500. The molecule has 1 aromatic rings. The Hall–Kier alpha value is -2.28. The Balaban J connectivity index is 1.62. The number of rotatable bonds is 4. The van der Waals surface area contributed by atoms with Gasteiger partial charge in [0.05, 0.1) is 0 Å². The third-order valence-corrected chi connectivity index (χ3v) is 5.21. The van der Waals surface area contributed by atoms with Gasteiger partial charge in [0.15, 0.2) is 0 Å². The van der Waals surface area contributed by atoms with Crippen LogP contribution < -0.4 is 5.32 Å². The molecule has 0 bridgehead atoms. The SMILES string of the molecule is O=C(NCc1cccc(Cl)c1)C1CCCN1C(=O)C1CCCN1C(=O)O. The molecule has 3 amide bonds. The number of likely N-dealkylation sites (tertiary alicyclic amines) is 2. The lowest BCUT2D eigenvalue weighted by Gasteiger charge is -2.29. The second-order valence-corrected chi connectivity index (χ2v) is 7.11. The van der Waals surface area contributed by atoms with Crippen LogP contribution in [0.3, 0.4) is 0 Å². The van der Waals surface area contributed by atoms with E-state index >= 15 is 0 Å². The predicted molar refractivity (Wildman–Crippen MR) is 95.8 cm³/mol. The summed E-state index contributed by atoms with van der Waals surface area (Å²) in [5.41, 5.74) is 0.884. The molecule has 2 atom stereocenters. The molecule has 2 aliphatic heterocycles. The number of nitrogens with one attached hydrogen (secondary N) is 1. The summed E-state index contributed by atoms with van der Waals surface area (Å²) in [6.45, 7) is 1.19. The lowest BCUT2D eigenvalue weighted by molar-refractivity contribution is -0.141. The fourth-order valence-corrected chi connectivity index (χ4v) is 3.91. The van der Waals surface area contributed by atoms with Crippen molar-refractivity contribution in [2.75, 3.05) is 13.1 Å². The molecule has 0 radical (unpaired) electrons. The van der Waals surface area contributed by atoms with E-state index < -0.39 is 18.2 Å². The van der Waals surface area contributed by atoms with Crippen LogP contribution in [0.1, 0.15) is 31.2 Å². The highest BCUT2D eigenvalue weighted by Crippen LogP contribution is 2.25. The van der Waals surface area contributed by atoms with Gasteiger partial charge in [-0.3, -0.25) is 14.5 Å². The predicted octanol–water partition coefficient (Wildman–Crippen LogP) is 2.09. The molecule has 3 rings (SSSR count). The van der Waals surface area contributed by atoms with E-state index in [9.17, 15) is 19.5 Å². The third-order valence-electron chi connectivity index (χ3n) is 4.98. The largest absolute Gasteiger partial charge is 0.465 e. The van der Waals surface area contributed by atoms with E-state index in [1.165, 1.54) is 4.90 Å². The lowest BCUT2D eigenvalue weighted by atomic mass is 10.1. The van der Waals surface area contributed by atoms with Crippen LogP contribution >= 0.6 is 11.6 Å². The van der Waals surface area contributed by atoms with Crippen molar-refractivity contribution in [3.05, 3.63) is 34.9 Å². The standard InChI is InChI=1S/C18H22ClN3O4/c19-13-5-1-4-12(10-13)11-20-16(23)14-6-2-8-21(14)17(24)15-7-3-9-22(15)18(25)26/h1,4-5,10,14-15H,2-3,6-9,11H2,(H,20,23)(H,25,26). The summed E-state index contributed by atoms with van der Waals surface area (Å²) in [7, 11) is 0. The van der Waals surface area contributed by atoms with Crippen molar-refractivity contribution in [3.8, 4) is 0 Å². The van der Waals surface area contributed by atoms with Gasteiger partial charge < -0.3 is 15.3 Å². The van der Waals surface area contributed by atoms with E-state index in [1.807, 2.05) is 12.1 Å². The first-order valence-electron chi connectivity index (χ1n) is 8.79. The van der Waals surface area contributed by atoms with E-state index in [-0.39, 0.29) is 11.8 Å². The van der Waals surface area contributed by atoms with Crippen LogP contribution in [-0.4, -0.2) is 58.0 Å². The number of amides is 3. The van der Waals surface area contributed by atoms with E-state index in [1.54, 1.807) is 17.0 Å². The van der Waals surface area contributed by atoms with Crippen molar-refractivity contribution in [2.24, 2.45) is 0 Å². The molecular formula is C18H22ClN3O4. The summed E-state index contributed by atoms with van der Waals surface area (Å²) < 4.78 is 0. The highest BCUT2D eigenvalue weighted by atomic mass is 35.5. The van der Waals surface area contributed by atoms with Gasteiger partial charge in [0, 0.05) is 24.7 Å². The molecular weight excluding hydrogens is 358 g/mol. The number of hydrogen-bond acceptors (Lipinski definition) is 3. The topological polar surface area (TPSA) is 90.0 Å². The number of hydrogen-bond donors (Lipinski definition) is 2. The van der Waals surface area contributed by atoms with Crippen molar-refractivity contribution in [2.45, 2.75) is 44.3 Å². The maximum atomic E-state index is 12.8. The van der Waals surface area contributed by atoms with Gasteiger partial charge in [-0.1, -0.05) is 23.7 Å². The summed E-state index contributed by atoms with van der Waals surface area (Å²) in [6.07, 6.45) is 1.43. The Kier molecular flexibility index (Phi) is 5.66. The number of benzene rings is 1. The molecule has 0 aliphatic carbocycles. The second-order valence-electron chi connectivity index (χ2n) is 6.67. The van der Waals surface area contributed by atoms with Gasteiger partial charge >= 0.3 is 6.09 Å². The van der Waals surface area contributed by atoms with Crippen LogP contribution in [0.4, 0.5) is 4.79 Å². The number of carbonyl (C=O) groups is 3. The first-order chi connectivity index (χ1) is 12.5. The van der Waals surface area contributed by atoms with Crippen LogP contribution in [-0.2, 0) is 16.1 Å². The smallest absolute Gasteiger partial charge is 0.407 e. The van der Waals surface area contributed by atoms with Crippen LogP contribution in [0, 0.1) is 0 Å². The van der Waals surface area contributed by atoms with Crippen molar-refractivity contribution < 1.29 is 19.5 Å². The molecule has 2 fully saturated rings. The first-order valence-corrected chi connectivity index (χ1v) is 9.17. The maximum absolute atomic E-state index is 12.8. The zero-order chi connectivity index (χ0) is 18.7. The number of nitrogens with zero attached hydrogens (tertiary/aromatic N) is 2. The van der Waals surface area contributed by atoms with Crippen molar-refractivity contribution in [1.82, 2.24) is 15.1 Å². The van der Waals surface area contributed by atoms with Gasteiger partial charge in [-0.15, -0.1) is 0 Å². The van der Waals surface area contributed by atoms with E-state index in [2.05, 4.69) is 5.32 Å². The molecule has 0 aromatic heterocycles. The minimum Gasteiger partial charge on any atom is -0.465 e. The van der Waals surface area contributed by atoms with E-state index in [0.29, 0.717) is 43.9 Å². The highest BCUT2D eigenvalue weighted by Gasteiger charge is 2.42. The van der Waals surface area contributed by atoms with Gasteiger partial charge in [0.25, 0.3) is 0 Å². The fourth-order valence-electron chi connectivity index (χ4n) is 3.70. The minimum atomic E-state index is -1.08. The Bertz CT molecular complexity index is 711. The van der Waals surface area contributed by atoms with Gasteiger partial charge in [0.2, 0.25) is 11.8 Å². The summed E-state index contributed by atoms with van der Waals surface area (Å²) in [4.78, 5) is 39.4. The minimum absolute atomic E-state index is 0.212. The third kappa shape index (κ3) is 3.93. The molecule has 0 spiro atoms. The molecule has 1 aromatic carbocycles. The quantitative estimate of drug-likeness (QED) is 0.838. The number of carbonyl (C=O) groups excluding carboxylic acids is 2. The Morgan fingerprint density at radius 1 is 1.12 bits per heavy atom. The molecule has 26 heavy (non-hydrogen) atoms. The van der Waals surface area contributed by atoms with Crippen molar-refractivity contribution in [3.63, 3.8) is 0 Å². The monoisotopic (exact) mass is 379 g/mol. The summed E-state index contributed by atoms with van der Waals surface area (Å²) in [5.74, 6) is -0.471. The first kappa shape index (κ1) is 18.5. The molecule has 8 heteroatoms. The average molecular weight is 380 g/mol. The Labute approximate surface area is 156 Å². The average Bonchev–Trinajstić information content (AvgIpc) is 3.28. The number of halogens is 1. The molecule has 140 valence electrons. The normalized spacial score (nSPS) is 22.5. The van der Waals surface area contributed by atoms with Crippen LogP contribution in [0.25, 0.3) is 0 Å². The zero-order valence-electron chi connectivity index (χ0n) is 14.4. The summed E-state index contributed by atoms with van der Waals surface area (Å²) in [6, 6.07) is 6.01. The molecule has 2 heterocycles. The maximum Gasteiger partial charge on any atom is 0.407 e. The summed E-state index contributed by atoms with van der Waals surface area (Å²) >= 11 is 5.95. The molecule has 0 saturated carbocycles. The van der Waals surface area contributed by atoms with Gasteiger partial charge in [-0.2, -0.15) is 0 Å². The van der Waals surface area contributed by atoms with Crippen molar-refractivity contribution in [1.29, 1.82) is 0 Å². The molecule has 2 aliphatic rings. The second kappa shape index (κ2) is 7.95.